The highest BCUT2D eigenvalue weighted by Crippen LogP contribution is 2.23. The molecule has 100 valence electrons. The van der Waals surface area contributed by atoms with E-state index in [9.17, 15) is 13.6 Å². The summed E-state index contributed by atoms with van der Waals surface area (Å²) in [6.45, 7) is 0. The number of carbonyl (C=O) groups excluding carboxylic acids is 1. The quantitative estimate of drug-likeness (QED) is 0.943. The Kier molecular flexibility index (Phi) is 4.77. The van der Waals surface area contributed by atoms with Crippen LogP contribution < -0.4 is 10.5 Å². The van der Waals surface area contributed by atoms with E-state index in [-0.39, 0.29) is 29.6 Å². The van der Waals surface area contributed by atoms with E-state index in [1.165, 1.54) is 24.3 Å². The third-order valence-electron chi connectivity index (χ3n) is 2.11. The van der Waals surface area contributed by atoms with Gasteiger partial charge in [0.15, 0.2) is 0 Å². The molecule has 0 aliphatic carbocycles. The maximum absolute atomic E-state index is 12.9. The fourth-order valence-electron chi connectivity index (χ4n) is 1.30. The third kappa shape index (κ3) is 3.62. The van der Waals surface area contributed by atoms with E-state index >= 15 is 0 Å². The van der Waals surface area contributed by atoms with E-state index in [2.05, 4.69) is 4.98 Å². The lowest BCUT2D eigenvalue weighted by Gasteiger charge is -2.07. The molecule has 0 spiro atoms. The minimum atomic E-state index is -0.862. The van der Waals surface area contributed by atoms with Crippen LogP contribution in [0.4, 0.5) is 8.78 Å². The van der Waals surface area contributed by atoms with Crippen molar-refractivity contribution in [2.45, 2.75) is 0 Å². The highest BCUT2D eigenvalue weighted by atomic mass is 35.5. The number of hydrogen-bond acceptors (Lipinski definition) is 3. The lowest BCUT2D eigenvalue weighted by atomic mass is 10.2. The molecule has 1 aromatic carbocycles. The molecule has 2 aromatic rings. The molecular weight excluding hydrogens is 278 g/mol. The normalized spacial score (nSPS) is 9.58. The summed E-state index contributed by atoms with van der Waals surface area (Å²) in [6.07, 6.45) is 0.894. The molecular formula is C12H9ClF2N2O2. The second-order valence-electron chi connectivity index (χ2n) is 3.43. The molecule has 0 unspecified atom stereocenters. The van der Waals surface area contributed by atoms with E-state index < -0.39 is 17.5 Å². The van der Waals surface area contributed by atoms with Crippen molar-refractivity contribution in [2.24, 2.45) is 5.73 Å². The van der Waals surface area contributed by atoms with Gasteiger partial charge in [-0.05, 0) is 30.3 Å². The Hall–Kier alpha value is -2.21. The van der Waals surface area contributed by atoms with Gasteiger partial charge in [-0.3, -0.25) is 4.79 Å². The highest BCUT2D eigenvalue weighted by molar-refractivity contribution is 5.95. The summed E-state index contributed by atoms with van der Waals surface area (Å²) in [5, 5.41) is 0. The van der Waals surface area contributed by atoms with Crippen LogP contribution in [-0.4, -0.2) is 10.9 Å². The number of carbonyl (C=O) groups is 1. The Morgan fingerprint density at radius 2 is 1.79 bits per heavy atom. The molecule has 2 rings (SSSR count). The first-order chi connectivity index (χ1) is 8.56. The Bertz CT molecular complexity index is 591. The van der Waals surface area contributed by atoms with Crippen LogP contribution in [0.3, 0.4) is 0 Å². The number of halogens is 3. The van der Waals surface area contributed by atoms with Gasteiger partial charge in [-0.1, -0.05) is 0 Å². The van der Waals surface area contributed by atoms with Crippen molar-refractivity contribution in [1.29, 1.82) is 0 Å². The summed E-state index contributed by atoms with van der Waals surface area (Å²) in [6, 6.07) is 6.00. The van der Waals surface area contributed by atoms with Gasteiger partial charge in [0.1, 0.15) is 22.9 Å². The van der Waals surface area contributed by atoms with Crippen molar-refractivity contribution in [1.82, 2.24) is 4.98 Å². The number of hydrogen-bond donors (Lipinski definition) is 1. The number of primary amides is 1. The van der Waals surface area contributed by atoms with Gasteiger partial charge in [0.25, 0.3) is 5.91 Å². The summed E-state index contributed by atoms with van der Waals surface area (Å²) < 4.78 is 30.9. The van der Waals surface area contributed by atoms with Crippen LogP contribution in [0.5, 0.6) is 11.6 Å². The van der Waals surface area contributed by atoms with Crippen molar-refractivity contribution >= 4 is 18.3 Å². The molecule has 0 radical (unpaired) electrons. The predicted molar refractivity (Wildman–Crippen MR) is 66.4 cm³/mol. The van der Waals surface area contributed by atoms with E-state index in [1.54, 1.807) is 0 Å². The molecule has 2 N–H and O–H groups in total. The number of amides is 1. The second-order valence-corrected chi connectivity index (χ2v) is 3.43. The molecule has 0 saturated carbocycles. The molecule has 1 heterocycles. The molecule has 0 aliphatic rings. The Morgan fingerprint density at radius 1 is 1.16 bits per heavy atom. The van der Waals surface area contributed by atoms with Crippen LogP contribution in [0.1, 0.15) is 10.4 Å². The van der Waals surface area contributed by atoms with Crippen LogP contribution in [0.15, 0.2) is 36.5 Å². The standard InChI is InChI=1S/C12H8F2N2O2.ClH/c13-7-1-3-9(4-2-7)18-12-10(11(15)17)5-8(14)6-16-12;/h1-6H,(H2,15,17);1H. The zero-order chi connectivity index (χ0) is 13.1. The lowest BCUT2D eigenvalue weighted by molar-refractivity contribution is 0.0997. The first-order valence-electron chi connectivity index (χ1n) is 4.95. The molecule has 0 atom stereocenters. The van der Waals surface area contributed by atoms with Crippen molar-refractivity contribution in [3.8, 4) is 11.6 Å². The number of rotatable bonds is 3. The van der Waals surface area contributed by atoms with Crippen molar-refractivity contribution in [3.63, 3.8) is 0 Å². The molecule has 19 heavy (non-hydrogen) atoms. The lowest BCUT2D eigenvalue weighted by Crippen LogP contribution is -2.13. The molecule has 7 heteroatoms. The van der Waals surface area contributed by atoms with Gasteiger partial charge in [0.05, 0.1) is 6.20 Å². The van der Waals surface area contributed by atoms with Crippen LogP contribution >= 0.6 is 12.4 Å². The molecule has 0 saturated heterocycles. The van der Waals surface area contributed by atoms with Gasteiger partial charge < -0.3 is 10.5 Å². The van der Waals surface area contributed by atoms with Gasteiger partial charge >= 0.3 is 0 Å². The summed E-state index contributed by atoms with van der Waals surface area (Å²) in [5.41, 5.74) is 4.89. The van der Waals surface area contributed by atoms with Crippen molar-refractivity contribution in [2.75, 3.05) is 0 Å². The summed E-state index contributed by atoms with van der Waals surface area (Å²) >= 11 is 0. The fourth-order valence-corrected chi connectivity index (χ4v) is 1.30. The van der Waals surface area contributed by atoms with Crippen LogP contribution in [0.2, 0.25) is 0 Å². The Labute approximate surface area is 113 Å². The summed E-state index contributed by atoms with van der Waals surface area (Å²) in [4.78, 5) is 14.7. The molecule has 1 aromatic heterocycles. The number of benzene rings is 1. The van der Waals surface area contributed by atoms with Gasteiger partial charge in [0.2, 0.25) is 5.88 Å². The van der Waals surface area contributed by atoms with Crippen molar-refractivity contribution < 1.29 is 18.3 Å². The van der Waals surface area contributed by atoms with Crippen LogP contribution in [0.25, 0.3) is 0 Å². The average Bonchev–Trinajstić information content (AvgIpc) is 2.34. The molecule has 1 amide bonds. The molecule has 0 aliphatic heterocycles. The van der Waals surface area contributed by atoms with Gasteiger partial charge in [-0.25, -0.2) is 13.8 Å². The fraction of sp³-hybridized carbons (Fsp3) is 0. The van der Waals surface area contributed by atoms with Crippen molar-refractivity contribution in [3.05, 3.63) is 53.7 Å². The summed E-state index contributed by atoms with van der Waals surface area (Å²) in [7, 11) is 0. The number of nitrogens with zero attached hydrogens (tertiary/aromatic N) is 1. The van der Waals surface area contributed by atoms with Crippen LogP contribution in [-0.2, 0) is 0 Å². The predicted octanol–water partition coefficient (Wildman–Crippen LogP) is 2.67. The van der Waals surface area contributed by atoms with E-state index in [0.717, 1.165) is 12.3 Å². The molecule has 0 bridgehead atoms. The Morgan fingerprint density at radius 3 is 2.37 bits per heavy atom. The largest absolute Gasteiger partial charge is 0.438 e. The SMILES string of the molecule is Cl.NC(=O)c1cc(F)cnc1Oc1ccc(F)cc1. The summed E-state index contributed by atoms with van der Waals surface area (Å²) in [5.74, 6) is -1.85. The minimum absolute atomic E-state index is 0. The minimum Gasteiger partial charge on any atom is -0.438 e. The number of pyridine rings is 1. The average molecular weight is 287 g/mol. The van der Waals surface area contributed by atoms with E-state index in [1.807, 2.05) is 0 Å². The second kappa shape index (κ2) is 6.10. The highest BCUT2D eigenvalue weighted by Gasteiger charge is 2.13. The first-order valence-corrected chi connectivity index (χ1v) is 4.95. The number of nitrogens with two attached hydrogens (primary N) is 1. The smallest absolute Gasteiger partial charge is 0.254 e. The third-order valence-corrected chi connectivity index (χ3v) is 2.11. The van der Waals surface area contributed by atoms with E-state index in [0.29, 0.717) is 0 Å². The maximum atomic E-state index is 12.9. The van der Waals surface area contributed by atoms with Gasteiger partial charge in [-0.15, -0.1) is 12.4 Å². The zero-order valence-corrected chi connectivity index (χ0v) is 10.3. The maximum Gasteiger partial charge on any atom is 0.254 e. The zero-order valence-electron chi connectivity index (χ0n) is 9.47. The number of ether oxygens (including phenoxy) is 1. The number of aromatic nitrogens is 1. The van der Waals surface area contributed by atoms with Gasteiger partial charge in [-0.2, -0.15) is 0 Å². The Balaban J connectivity index is 0.00000180. The topological polar surface area (TPSA) is 65.2 Å². The van der Waals surface area contributed by atoms with E-state index in [4.69, 9.17) is 10.5 Å². The van der Waals surface area contributed by atoms with Crippen LogP contribution in [0, 0.1) is 11.6 Å². The van der Waals surface area contributed by atoms with Gasteiger partial charge in [0, 0.05) is 0 Å². The first kappa shape index (κ1) is 14.8. The molecule has 0 fully saturated rings. The monoisotopic (exact) mass is 286 g/mol. The molecule has 4 nitrogen and oxygen atoms in total.